The molecular formula is C21H22N4. The van der Waals surface area contributed by atoms with Gasteiger partial charge in [-0.05, 0) is 55.3 Å². The lowest BCUT2D eigenvalue weighted by Gasteiger charge is -2.33. The maximum Gasteiger partial charge on any atom is 0.0651 e. The Morgan fingerprint density at radius 1 is 1.28 bits per heavy atom. The second kappa shape index (κ2) is 7.00. The number of likely N-dealkylation sites (tertiary alicyclic amines) is 1. The molecule has 0 unspecified atom stereocenters. The number of anilines is 1. The summed E-state index contributed by atoms with van der Waals surface area (Å²) in [4.78, 5) is 2.51. The number of piperidine rings is 1. The van der Waals surface area contributed by atoms with Crippen molar-refractivity contribution in [3.05, 3.63) is 59.8 Å². The molecule has 0 spiro atoms. The van der Waals surface area contributed by atoms with Crippen LogP contribution < -0.4 is 5.32 Å². The van der Waals surface area contributed by atoms with Gasteiger partial charge in [-0.3, -0.25) is 10.00 Å². The van der Waals surface area contributed by atoms with Gasteiger partial charge in [0.15, 0.2) is 0 Å². The number of fused-ring (bicyclic) bond motifs is 1. The van der Waals surface area contributed by atoms with E-state index in [-0.39, 0.29) is 0 Å². The monoisotopic (exact) mass is 330 g/mol. The zero-order valence-corrected chi connectivity index (χ0v) is 14.2. The molecule has 1 atom stereocenters. The van der Waals surface area contributed by atoms with Crippen molar-refractivity contribution in [3.63, 3.8) is 0 Å². The Labute approximate surface area is 148 Å². The third-order valence-corrected chi connectivity index (χ3v) is 4.82. The Balaban J connectivity index is 1.41. The Kier molecular flexibility index (Phi) is 4.41. The molecule has 1 fully saturated rings. The van der Waals surface area contributed by atoms with Gasteiger partial charge in [0, 0.05) is 35.8 Å². The van der Waals surface area contributed by atoms with Crippen LogP contribution in [0.15, 0.2) is 48.7 Å². The summed E-state index contributed by atoms with van der Waals surface area (Å²) < 4.78 is 0. The predicted molar refractivity (Wildman–Crippen MR) is 102 cm³/mol. The van der Waals surface area contributed by atoms with Crippen LogP contribution in [-0.4, -0.2) is 34.2 Å². The van der Waals surface area contributed by atoms with Crippen molar-refractivity contribution in [2.75, 3.05) is 18.4 Å². The van der Waals surface area contributed by atoms with Gasteiger partial charge in [0.1, 0.15) is 0 Å². The van der Waals surface area contributed by atoms with Gasteiger partial charge in [-0.2, -0.15) is 5.10 Å². The Hall–Kier alpha value is -2.77. The highest BCUT2D eigenvalue weighted by Crippen LogP contribution is 2.21. The van der Waals surface area contributed by atoms with Crippen LogP contribution in [0.3, 0.4) is 0 Å². The average Bonchev–Trinajstić information content (AvgIpc) is 3.10. The molecule has 0 bridgehead atoms. The zero-order chi connectivity index (χ0) is 17.1. The summed E-state index contributed by atoms with van der Waals surface area (Å²) in [6.45, 7) is 3.14. The molecule has 0 saturated carbocycles. The van der Waals surface area contributed by atoms with Crippen LogP contribution in [0.2, 0.25) is 0 Å². The van der Waals surface area contributed by atoms with E-state index in [0.29, 0.717) is 6.04 Å². The number of terminal acetylenes is 1. The third-order valence-electron chi connectivity index (χ3n) is 4.82. The minimum absolute atomic E-state index is 0.467. The van der Waals surface area contributed by atoms with E-state index < -0.39 is 0 Å². The van der Waals surface area contributed by atoms with E-state index in [2.05, 4.69) is 56.7 Å². The van der Waals surface area contributed by atoms with E-state index >= 15 is 0 Å². The number of hydrogen-bond donors (Lipinski definition) is 2. The molecule has 126 valence electrons. The molecule has 0 radical (unpaired) electrons. The van der Waals surface area contributed by atoms with Crippen LogP contribution in [0.5, 0.6) is 0 Å². The lowest BCUT2D eigenvalue weighted by Crippen LogP contribution is -2.41. The minimum atomic E-state index is 0.467. The van der Waals surface area contributed by atoms with E-state index in [4.69, 9.17) is 6.42 Å². The van der Waals surface area contributed by atoms with Crippen LogP contribution in [0.1, 0.15) is 24.0 Å². The fraction of sp³-hybridized carbons (Fsp3) is 0.286. The van der Waals surface area contributed by atoms with Crippen molar-refractivity contribution >= 4 is 16.6 Å². The number of rotatable bonds is 4. The standard InChI is InChI=1S/C21H22N4/c1-2-16-5-3-6-17(11-16)14-25-10-4-7-20(15-25)23-19-8-9-21-18(12-19)13-22-24-21/h1,3,5-6,8-9,11-13,20,23H,4,7,10,14-15H2,(H,22,24)/t20-/m0/s1. The maximum atomic E-state index is 5.51. The van der Waals surface area contributed by atoms with Crippen LogP contribution in [0.4, 0.5) is 5.69 Å². The van der Waals surface area contributed by atoms with Crippen LogP contribution in [-0.2, 0) is 6.54 Å². The summed E-state index contributed by atoms with van der Waals surface area (Å²) in [7, 11) is 0. The van der Waals surface area contributed by atoms with E-state index in [9.17, 15) is 0 Å². The number of aromatic amines is 1. The topological polar surface area (TPSA) is 44.0 Å². The van der Waals surface area contributed by atoms with Crippen LogP contribution >= 0.6 is 0 Å². The fourth-order valence-corrected chi connectivity index (χ4v) is 3.60. The first-order chi connectivity index (χ1) is 12.3. The molecule has 1 aliphatic heterocycles. The van der Waals surface area contributed by atoms with Gasteiger partial charge in [0.2, 0.25) is 0 Å². The number of nitrogens with one attached hydrogen (secondary N) is 2. The number of aromatic nitrogens is 2. The molecular weight excluding hydrogens is 308 g/mol. The highest BCUT2D eigenvalue weighted by molar-refractivity contribution is 5.81. The quantitative estimate of drug-likeness (QED) is 0.718. The van der Waals surface area contributed by atoms with E-state index in [1.54, 1.807) is 0 Å². The molecule has 4 nitrogen and oxygen atoms in total. The molecule has 1 aromatic heterocycles. The lowest BCUT2D eigenvalue weighted by atomic mass is 10.0. The summed E-state index contributed by atoms with van der Waals surface area (Å²) in [6.07, 6.45) is 9.79. The second-order valence-electron chi connectivity index (χ2n) is 6.74. The van der Waals surface area contributed by atoms with Crippen LogP contribution in [0.25, 0.3) is 10.9 Å². The second-order valence-corrected chi connectivity index (χ2v) is 6.74. The smallest absolute Gasteiger partial charge is 0.0651 e. The number of H-pyrrole nitrogens is 1. The average molecular weight is 330 g/mol. The molecule has 0 amide bonds. The van der Waals surface area contributed by atoms with E-state index in [1.165, 1.54) is 18.4 Å². The van der Waals surface area contributed by atoms with Gasteiger partial charge in [0.05, 0.1) is 11.7 Å². The molecule has 3 aromatic rings. The zero-order valence-electron chi connectivity index (χ0n) is 14.2. The molecule has 2 heterocycles. The van der Waals surface area contributed by atoms with Crippen LogP contribution in [0, 0.1) is 12.3 Å². The van der Waals surface area contributed by atoms with E-state index in [0.717, 1.165) is 41.8 Å². The Bertz CT molecular complexity index is 905. The maximum absolute atomic E-state index is 5.51. The summed E-state index contributed by atoms with van der Waals surface area (Å²) in [6, 6.07) is 15.1. The van der Waals surface area contributed by atoms with Gasteiger partial charge in [0.25, 0.3) is 0 Å². The van der Waals surface area contributed by atoms with Crippen molar-refractivity contribution in [2.24, 2.45) is 0 Å². The van der Waals surface area contributed by atoms with Crippen molar-refractivity contribution in [1.82, 2.24) is 15.1 Å². The Morgan fingerprint density at radius 2 is 2.24 bits per heavy atom. The predicted octanol–water partition coefficient (Wildman–Crippen LogP) is 3.62. The SMILES string of the molecule is C#Cc1cccc(CN2CCC[C@H](Nc3ccc4[nH]ncc4c3)C2)c1. The third kappa shape index (κ3) is 3.67. The van der Waals surface area contributed by atoms with Crippen molar-refractivity contribution < 1.29 is 0 Å². The summed E-state index contributed by atoms with van der Waals surface area (Å²) in [5.41, 5.74) is 4.48. The summed E-state index contributed by atoms with van der Waals surface area (Å²) in [5, 5.41) is 11.9. The fourth-order valence-electron chi connectivity index (χ4n) is 3.60. The molecule has 1 aliphatic rings. The molecule has 4 heteroatoms. The van der Waals surface area contributed by atoms with Gasteiger partial charge < -0.3 is 5.32 Å². The number of hydrogen-bond acceptors (Lipinski definition) is 3. The molecule has 2 aromatic carbocycles. The number of benzene rings is 2. The van der Waals surface area contributed by atoms with Gasteiger partial charge in [-0.1, -0.05) is 18.1 Å². The Morgan fingerprint density at radius 3 is 3.16 bits per heavy atom. The van der Waals surface area contributed by atoms with Gasteiger partial charge in [-0.25, -0.2) is 0 Å². The minimum Gasteiger partial charge on any atom is -0.381 e. The first kappa shape index (κ1) is 15.7. The van der Waals surface area contributed by atoms with Crippen molar-refractivity contribution in [2.45, 2.75) is 25.4 Å². The summed E-state index contributed by atoms with van der Waals surface area (Å²) >= 11 is 0. The highest BCUT2D eigenvalue weighted by Gasteiger charge is 2.20. The molecule has 25 heavy (non-hydrogen) atoms. The largest absolute Gasteiger partial charge is 0.381 e. The normalized spacial score (nSPS) is 18.1. The molecule has 0 aliphatic carbocycles. The summed E-state index contributed by atoms with van der Waals surface area (Å²) in [5.74, 6) is 2.72. The van der Waals surface area contributed by atoms with Crippen molar-refractivity contribution in [3.8, 4) is 12.3 Å². The van der Waals surface area contributed by atoms with Gasteiger partial charge in [-0.15, -0.1) is 6.42 Å². The molecule has 4 rings (SSSR count). The van der Waals surface area contributed by atoms with Crippen molar-refractivity contribution in [1.29, 1.82) is 0 Å². The molecule has 2 N–H and O–H groups in total. The first-order valence-corrected chi connectivity index (χ1v) is 8.78. The first-order valence-electron chi connectivity index (χ1n) is 8.78. The lowest BCUT2D eigenvalue weighted by molar-refractivity contribution is 0.208. The molecule has 1 saturated heterocycles. The highest BCUT2D eigenvalue weighted by atomic mass is 15.2. The van der Waals surface area contributed by atoms with E-state index in [1.807, 2.05) is 18.3 Å². The van der Waals surface area contributed by atoms with Gasteiger partial charge >= 0.3 is 0 Å². The number of nitrogens with zero attached hydrogens (tertiary/aromatic N) is 2.